The van der Waals surface area contributed by atoms with Gasteiger partial charge in [-0.15, -0.1) is 5.10 Å². The van der Waals surface area contributed by atoms with Crippen LogP contribution in [0.1, 0.15) is 43.5 Å². The van der Waals surface area contributed by atoms with Crippen molar-refractivity contribution in [3.63, 3.8) is 0 Å². The zero-order valence-electron chi connectivity index (χ0n) is 17.8. The number of nitrogens with one attached hydrogen (secondary N) is 1. The summed E-state index contributed by atoms with van der Waals surface area (Å²) in [6.07, 6.45) is 4.02. The molecule has 3 heterocycles. The van der Waals surface area contributed by atoms with Crippen LogP contribution in [0.3, 0.4) is 0 Å². The number of ether oxygens (including phenoxy) is 1. The summed E-state index contributed by atoms with van der Waals surface area (Å²) >= 11 is 0. The lowest BCUT2D eigenvalue weighted by atomic mass is 10.1. The number of aromatic amines is 1. The van der Waals surface area contributed by atoms with Gasteiger partial charge in [0.25, 0.3) is 5.56 Å². The molecule has 3 aromatic rings. The number of aromatic nitrogens is 5. The zero-order valence-corrected chi connectivity index (χ0v) is 17.8. The second-order valence-corrected chi connectivity index (χ2v) is 8.05. The molecule has 32 heavy (non-hydrogen) atoms. The molecule has 1 aliphatic heterocycles. The first-order chi connectivity index (χ1) is 15.5. The first-order valence-electron chi connectivity index (χ1n) is 10.8. The molecule has 0 bridgehead atoms. The van der Waals surface area contributed by atoms with Gasteiger partial charge in [-0.25, -0.2) is 9.48 Å². The number of benzene rings is 1. The smallest absolute Gasteiger partial charge is 0.330 e. The average molecular weight is 441 g/mol. The van der Waals surface area contributed by atoms with Crippen molar-refractivity contribution in [3.05, 3.63) is 68.6 Å². The van der Waals surface area contributed by atoms with Crippen molar-refractivity contribution < 1.29 is 14.9 Å². The fraction of sp³-hybridized carbons (Fsp3) is 0.455. The van der Waals surface area contributed by atoms with Crippen LogP contribution in [0.15, 0.2) is 46.2 Å². The minimum Gasteiger partial charge on any atom is -0.394 e. The van der Waals surface area contributed by atoms with E-state index in [1.165, 1.54) is 16.3 Å². The molecule has 170 valence electrons. The number of unbranched alkanes of at least 4 members (excludes halogenated alkanes) is 1. The summed E-state index contributed by atoms with van der Waals surface area (Å²) in [5, 5.41) is 27.4. The minimum absolute atomic E-state index is 0.123. The van der Waals surface area contributed by atoms with Crippen LogP contribution in [0.5, 0.6) is 0 Å². The molecule has 0 amide bonds. The van der Waals surface area contributed by atoms with Crippen LogP contribution in [-0.4, -0.2) is 53.6 Å². The number of rotatable bonds is 8. The van der Waals surface area contributed by atoms with Gasteiger partial charge in [0.15, 0.2) is 0 Å². The van der Waals surface area contributed by atoms with Gasteiger partial charge in [0.1, 0.15) is 18.0 Å². The summed E-state index contributed by atoms with van der Waals surface area (Å²) in [6.45, 7) is 2.30. The van der Waals surface area contributed by atoms with Gasteiger partial charge < -0.3 is 14.9 Å². The molecular formula is C22H27N5O5. The Balaban J connectivity index is 1.54. The third-order valence-corrected chi connectivity index (χ3v) is 5.66. The Morgan fingerprint density at radius 2 is 1.94 bits per heavy atom. The number of aliphatic hydroxyl groups is 2. The van der Waals surface area contributed by atoms with E-state index in [0.29, 0.717) is 12.2 Å². The Bertz CT molecular complexity index is 1170. The van der Waals surface area contributed by atoms with E-state index in [9.17, 15) is 19.8 Å². The second kappa shape index (κ2) is 9.60. The number of H-pyrrole nitrogens is 1. The highest BCUT2D eigenvalue weighted by Gasteiger charge is 2.35. The Kier molecular flexibility index (Phi) is 6.63. The van der Waals surface area contributed by atoms with E-state index >= 15 is 0 Å². The number of hydrogen-bond acceptors (Lipinski definition) is 7. The minimum atomic E-state index is -0.901. The molecule has 3 N–H and O–H groups in total. The normalized spacial score (nSPS) is 20.7. The van der Waals surface area contributed by atoms with E-state index in [4.69, 9.17) is 4.74 Å². The predicted molar refractivity (Wildman–Crippen MR) is 116 cm³/mol. The lowest BCUT2D eigenvalue weighted by Gasteiger charge is -2.14. The molecule has 0 aliphatic carbocycles. The predicted octanol–water partition coefficient (Wildman–Crippen LogP) is 0.827. The topological polar surface area (TPSA) is 135 Å². The van der Waals surface area contributed by atoms with Gasteiger partial charge in [0.05, 0.1) is 31.0 Å². The number of hydrogen-bond donors (Lipinski definition) is 3. The largest absolute Gasteiger partial charge is 0.394 e. The van der Waals surface area contributed by atoms with Crippen LogP contribution >= 0.6 is 0 Å². The molecule has 4 rings (SSSR count). The Hall–Kier alpha value is -3.08. The quantitative estimate of drug-likeness (QED) is 0.471. The zero-order chi connectivity index (χ0) is 22.7. The summed E-state index contributed by atoms with van der Waals surface area (Å²) in [4.78, 5) is 27.0. The molecule has 1 fully saturated rings. The van der Waals surface area contributed by atoms with Crippen molar-refractivity contribution in [2.45, 2.75) is 57.6 Å². The van der Waals surface area contributed by atoms with E-state index in [0.717, 1.165) is 24.8 Å². The lowest BCUT2D eigenvalue weighted by Crippen LogP contribution is -2.33. The maximum Gasteiger partial charge on any atom is 0.330 e. The van der Waals surface area contributed by atoms with Crippen molar-refractivity contribution in [1.82, 2.24) is 24.5 Å². The van der Waals surface area contributed by atoms with Crippen LogP contribution in [0.4, 0.5) is 0 Å². The van der Waals surface area contributed by atoms with E-state index in [-0.39, 0.29) is 18.6 Å². The molecule has 10 heteroatoms. The fourth-order valence-corrected chi connectivity index (χ4v) is 3.81. The van der Waals surface area contributed by atoms with Crippen LogP contribution in [0.25, 0.3) is 11.3 Å². The average Bonchev–Trinajstić information content (AvgIpc) is 3.39. The second-order valence-electron chi connectivity index (χ2n) is 8.05. The van der Waals surface area contributed by atoms with Crippen LogP contribution in [0.2, 0.25) is 0 Å². The molecule has 0 radical (unpaired) electrons. The van der Waals surface area contributed by atoms with E-state index in [1.54, 1.807) is 10.9 Å². The summed E-state index contributed by atoms with van der Waals surface area (Å²) in [5.41, 5.74) is 1.59. The SMILES string of the molecule is CCCCc1ccc(Cn2cc(-c3cn([C@@H]4CC(O)[C@H](CO)O4)c(=O)[nH]c3=O)nn2)cc1. The van der Waals surface area contributed by atoms with Gasteiger partial charge in [0, 0.05) is 12.6 Å². The number of aryl methyl sites for hydroxylation is 1. The monoisotopic (exact) mass is 441 g/mol. The Morgan fingerprint density at radius 1 is 1.19 bits per heavy atom. The molecule has 1 saturated heterocycles. The van der Waals surface area contributed by atoms with Crippen molar-refractivity contribution in [2.75, 3.05) is 6.61 Å². The summed E-state index contributed by atoms with van der Waals surface area (Å²) in [6, 6.07) is 8.33. The third-order valence-electron chi connectivity index (χ3n) is 5.66. The Labute approximate surface area is 184 Å². The molecule has 3 atom stereocenters. The van der Waals surface area contributed by atoms with Crippen LogP contribution in [0, 0.1) is 0 Å². The van der Waals surface area contributed by atoms with Gasteiger partial charge in [-0.05, 0) is 24.0 Å². The fourth-order valence-electron chi connectivity index (χ4n) is 3.81. The molecule has 1 aliphatic rings. The highest BCUT2D eigenvalue weighted by atomic mass is 16.5. The van der Waals surface area contributed by atoms with Gasteiger partial charge in [0.2, 0.25) is 0 Å². The third kappa shape index (κ3) is 4.72. The summed E-state index contributed by atoms with van der Waals surface area (Å²) in [7, 11) is 0. The first-order valence-corrected chi connectivity index (χ1v) is 10.8. The van der Waals surface area contributed by atoms with Crippen molar-refractivity contribution in [2.24, 2.45) is 0 Å². The molecule has 1 unspecified atom stereocenters. The number of aliphatic hydroxyl groups excluding tert-OH is 2. The highest BCUT2D eigenvalue weighted by Crippen LogP contribution is 2.27. The molecule has 10 nitrogen and oxygen atoms in total. The highest BCUT2D eigenvalue weighted by molar-refractivity contribution is 5.54. The maximum absolute atomic E-state index is 12.4. The van der Waals surface area contributed by atoms with Gasteiger partial charge in [-0.1, -0.05) is 42.8 Å². The number of nitrogens with zero attached hydrogens (tertiary/aromatic N) is 4. The molecule has 0 spiro atoms. The molecule has 2 aromatic heterocycles. The first kappa shape index (κ1) is 22.1. The molecule has 0 saturated carbocycles. The van der Waals surface area contributed by atoms with Crippen LogP contribution < -0.4 is 11.2 Å². The van der Waals surface area contributed by atoms with Crippen molar-refractivity contribution >= 4 is 0 Å². The summed E-state index contributed by atoms with van der Waals surface area (Å²) < 4.78 is 8.36. The van der Waals surface area contributed by atoms with Gasteiger partial charge in [-0.2, -0.15) is 0 Å². The van der Waals surface area contributed by atoms with Gasteiger partial charge in [-0.3, -0.25) is 14.3 Å². The van der Waals surface area contributed by atoms with E-state index in [1.807, 2.05) is 0 Å². The van der Waals surface area contributed by atoms with E-state index < -0.39 is 29.7 Å². The van der Waals surface area contributed by atoms with Gasteiger partial charge >= 0.3 is 5.69 Å². The van der Waals surface area contributed by atoms with E-state index in [2.05, 4.69) is 46.5 Å². The molecular weight excluding hydrogens is 414 g/mol. The molecule has 1 aromatic carbocycles. The lowest BCUT2D eigenvalue weighted by molar-refractivity contribution is -0.0458. The van der Waals surface area contributed by atoms with Crippen LogP contribution in [-0.2, 0) is 17.7 Å². The summed E-state index contributed by atoms with van der Waals surface area (Å²) in [5.74, 6) is 0. The Morgan fingerprint density at radius 3 is 2.62 bits per heavy atom. The van der Waals surface area contributed by atoms with Crippen molar-refractivity contribution in [1.29, 1.82) is 0 Å². The standard InChI is InChI=1S/C22H27N5O5/c1-2-3-4-14-5-7-15(8-6-14)10-26-12-17(24-25-26)16-11-27(22(31)23-21(16)30)20-9-18(29)19(13-28)32-20/h5-8,11-12,18-20,28-29H,2-4,9-10,13H2,1H3,(H,23,30,31)/t18?,19-,20-/m0/s1. The van der Waals surface area contributed by atoms with Crippen molar-refractivity contribution in [3.8, 4) is 11.3 Å². The maximum atomic E-state index is 12.4.